The Kier molecular flexibility index (Phi) is 4.54. The summed E-state index contributed by atoms with van der Waals surface area (Å²) in [7, 11) is 0. The molecule has 0 aliphatic rings. The summed E-state index contributed by atoms with van der Waals surface area (Å²) in [5.41, 5.74) is -0.342. The van der Waals surface area contributed by atoms with Crippen molar-refractivity contribution in [1.82, 2.24) is 4.57 Å². The van der Waals surface area contributed by atoms with Gasteiger partial charge in [0, 0.05) is 11.5 Å². The average molecular weight is 360 g/mol. The van der Waals surface area contributed by atoms with Crippen molar-refractivity contribution in [3.05, 3.63) is 76.1 Å². The number of aryl methyl sites for hydroxylation is 1. The Morgan fingerprint density at radius 3 is 2.46 bits per heavy atom. The summed E-state index contributed by atoms with van der Waals surface area (Å²) in [6, 6.07) is 13.2. The summed E-state index contributed by atoms with van der Waals surface area (Å²) in [5.74, 6) is -0.710. The number of anilines is 1. The van der Waals surface area contributed by atoms with Gasteiger partial charge in [-0.2, -0.15) is 13.2 Å². The number of carbonyl (C=O) groups excluding carboxylic acids is 1. The molecule has 0 atom stereocenters. The Labute approximate surface area is 146 Å². The average Bonchev–Trinajstić information content (AvgIpc) is 2.58. The zero-order valence-electron chi connectivity index (χ0n) is 13.8. The lowest BCUT2D eigenvalue weighted by Crippen LogP contribution is -2.28. The number of halogens is 3. The highest BCUT2D eigenvalue weighted by Crippen LogP contribution is 2.34. The van der Waals surface area contributed by atoms with Crippen molar-refractivity contribution in [2.45, 2.75) is 19.6 Å². The Bertz CT molecular complexity index is 1040. The van der Waals surface area contributed by atoms with Gasteiger partial charge in [-0.3, -0.25) is 14.2 Å². The van der Waals surface area contributed by atoms with E-state index < -0.39 is 17.6 Å². The third-order valence-electron chi connectivity index (χ3n) is 4.03. The van der Waals surface area contributed by atoms with Crippen LogP contribution in [-0.4, -0.2) is 10.5 Å². The van der Waals surface area contributed by atoms with Gasteiger partial charge in [-0.05, 0) is 30.7 Å². The Morgan fingerprint density at radius 2 is 1.73 bits per heavy atom. The maximum absolute atomic E-state index is 13.0. The van der Waals surface area contributed by atoms with Crippen LogP contribution in [0, 0.1) is 6.92 Å². The van der Waals surface area contributed by atoms with Gasteiger partial charge in [0.1, 0.15) is 6.54 Å². The van der Waals surface area contributed by atoms with Gasteiger partial charge in [0.15, 0.2) is 0 Å². The van der Waals surface area contributed by atoms with Crippen LogP contribution in [-0.2, 0) is 17.5 Å². The maximum Gasteiger partial charge on any atom is 0.418 e. The van der Waals surface area contributed by atoms with E-state index in [0.717, 1.165) is 17.0 Å². The molecule has 1 heterocycles. The fourth-order valence-corrected chi connectivity index (χ4v) is 2.84. The van der Waals surface area contributed by atoms with E-state index in [4.69, 9.17) is 0 Å². The predicted octanol–water partition coefficient (Wildman–Crippen LogP) is 3.97. The van der Waals surface area contributed by atoms with Gasteiger partial charge in [0.2, 0.25) is 5.91 Å². The highest BCUT2D eigenvalue weighted by Gasteiger charge is 2.33. The van der Waals surface area contributed by atoms with Crippen LogP contribution in [0.15, 0.2) is 59.4 Å². The minimum absolute atomic E-state index is 0.338. The number of carbonyl (C=O) groups is 1. The first-order valence-corrected chi connectivity index (χ1v) is 7.82. The molecule has 134 valence electrons. The molecule has 0 bridgehead atoms. The second kappa shape index (κ2) is 6.67. The number of rotatable bonds is 3. The number of fused-ring (bicyclic) bond motifs is 1. The van der Waals surface area contributed by atoms with E-state index in [0.29, 0.717) is 5.52 Å². The third kappa shape index (κ3) is 3.46. The van der Waals surface area contributed by atoms with Gasteiger partial charge in [0.25, 0.3) is 5.56 Å². The zero-order chi connectivity index (χ0) is 18.9. The van der Waals surface area contributed by atoms with Crippen LogP contribution >= 0.6 is 0 Å². The number of benzene rings is 2. The summed E-state index contributed by atoms with van der Waals surface area (Å²) in [4.78, 5) is 24.6. The second-order valence-electron chi connectivity index (χ2n) is 5.86. The van der Waals surface area contributed by atoms with Crippen LogP contribution < -0.4 is 10.9 Å². The topological polar surface area (TPSA) is 51.1 Å². The molecule has 0 unspecified atom stereocenters. The molecule has 4 nitrogen and oxygen atoms in total. The van der Waals surface area contributed by atoms with E-state index in [1.807, 2.05) is 12.1 Å². The van der Waals surface area contributed by atoms with Gasteiger partial charge in [-0.1, -0.05) is 30.3 Å². The van der Waals surface area contributed by atoms with Crippen molar-refractivity contribution in [3.63, 3.8) is 0 Å². The first-order chi connectivity index (χ1) is 12.3. The van der Waals surface area contributed by atoms with E-state index >= 15 is 0 Å². The summed E-state index contributed by atoms with van der Waals surface area (Å²) < 4.78 is 40.4. The van der Waals surface area contributed by atoms with Gasteiger partial charge in [-0.25, -0.2) is 0 Å². The van der Waals surface area contributed by atoms with E-state index in [1.165, 1.54) is 28.8 Å². The summed E-state index contributed by atoms with van der Waals surface area (Å²) in [5, 5.41) is 3.05. The number of aromatic nitrogens is 1. The molecule has 0 aliphatic heterocycles. The third-order valence-corrected chi connectivity index (χ3v) is 4.03. The van der Waals surface area contributed by atoms with Gasteiger partial charge < -0.3 is 5.32 Å². The molecule has 7 heteroatoms. The molecule has 0 saturated carbocycles. The molecule has 2 aromatic carbocycles. The van der Waals surface area contributed by atoms with E-state index in [1.54, 1.807) is 19.1 Å². The maximum atomic E-state index is 13.0. The molecule has 1 N–H and O–H groups in total. The molecule has 26 heavy (non-hydrogen) atoms. The number of alkyl halides is 3. The van der Waals surface area contributed by atoms with Crippen molar-refractivity contribution < 1.29 is 18.0 Å². The molecule has 0 radical (unpaired) electrons. The summed E-state index contributed by atoms with van der Waals surface area (Å²) >= 11 is 0. The van der Waals surface area contributed by atoms with Crippen molar-refractivity contribution in [1.29, 1.82) is 0 Å². The number of nitrogens with one attached hydrogen (secondary N) is 1. The Morgan fingerprint density at radius 1 is 1.08 bits per heavy atom. The molecule has 0 saturated heterocycles. The SMILES string of the molecule is Cc1cc(=O)n(CC(=O)Nc2ccccc2C(F)(F)F)c2ccccc12. The Balaban J connectivity index is 1.94. The molecule has 0 aliphatic carbocycles. The first kappa shape index (κ1) is 17.7. The summed E-state index contributed by atoms with van der Waals surface area (Å²) in [6.45, 7) is 1.40. The fourth-order valence-electron chi connectivity index (χ4n) is 2.84. The highest BCUT2D eigenvalue weighted by atomic mass is 19.4. The molecule has 3 rings (SSSR count). The minimum atomic E-state index is -4.59. The standard InChI is InChI=1S/C19H15F3N2O2/c1-12-10-18(26)24(16-9-5-2-6-13(12)16)11-17(25)23-15-8-4-3-7-14(15)19(20,21)22/h2-10H,11H2,1H3,(H,23,25). The zero-order valence-corrected chi connectivity index (χ0v) is 13.8. The largest absolute Gasteiger partial charge is 0.418 e. The second-order valence-corrected chi connectivity index (χ2v) is 5.86. The highest BCUT2D eigenvalue weighted by molar-refractivity contribution is 5.92. The van der Waals surface area contributed by atoms with Gasteiger partial charge in [-0.15, -0.1) is 0 Å². The van der Waals surface area contributed by atoms with Crippen LogP contribution in [0.2, 0.25) is 0 Å². The molecular formula is C19H15F3N2O2. The van der Waals surface area contributed by atoms with Gasteiger partial charge >= 0.3 is 6.18 Å². The van der Waals surface area contributed by atoms with Crippen LogP contribution in [0.4, 0.5) is 18.9 Å². The lowest BCUT2D eigenvalue weighted by Gasteiger charge is -2.15. The van der Waals surface area contributed by atoms with E-state index in [-0.39, 0.29) is 17.8 Å². The van der Waals surface area contributed by atoms with E-state index in [2.05, 4.69) is 5.32 Å². The quantitative estimate of drug-likeness (QED) is 0.768. The fraction of sp³-hybridized carbons (Fsp3) is 0.158. The monoisotopic (exact) mass is 360 g/mol. The lowest BCUT2D eigenvalue weighted by molar-refractivity contribution is -0.137. The molecule has 3 aromatic rings. The first-order valence-electron chi connectivity index (χ1n) is 7.82. The molecule has 0 fully saturated rings. The minimum Gasteiger partial charge on any atom is -0.324 e. The lowest BCUT2D eigenvalue weighted by atomic mass is 10.1. The molecule has 1 amide bonds. The van der Waals surface area contributed by atoms with Crippen LogP contribution in [0.1, 0.15) is 11.1 Å². The van der Waals surface area contributed by atoms with Crippen LogP contribution in [0.3, 0.4) is 0 Å². The van der Waals surface area contributed by atoms with Crippen LogP contribution in [0.25, 0.3) is 10.9 Å². The Hall–Kier alpha value is -3.09. The van der Waals surface area contributed by atoms with Crippen LogP contribution in [0.5, 0.6) is 0 Å². The van der Waals surface area contributed by atoms with Crippen molar-refractivity contribution >= 4 is 22.5 Å². The number of hydrogen-bond acceptors (Lipinski definition) is 2. The number of hydrogen-bond donors (Lipinski definition) is 1. The molecular weight excluding hydrogens is 345 g/mol. The molecule has 1 aromatic heterocycles. The number of pyridine rings is 1. The molecule has 0 spiro atoms. The smallest absolute Gasteiger partial charge is 0.324 e. The normalized spacial score (nSPS) is 11.5. The number of amides is 1. The van der Waals surface area contributed by atoms with Crippen molar-refractivity contribution in [3.8, 4) is 0 Å². The number of nitrogens with zero attached hydrogens (tertiary/aromatic N) is 1. The number of para-hydroxylation sites is 2. The predicted molar refractivity (Wildman–Crippen MR) is 93.0 cm³/mol. The van der Waals surface area contributed by atoms with Crippen molar-refractivity contribution in [2.75, 3.05) is 5.32 Å². The van der Waals surface area contributed by atoms with Crippen molar-refractivity contribution in [2.24, 2.45) is 0 Å². The summed E-state index contributed by atoms with van der Waals surface area (Å²) in [6.07, 6.45) is -4.59. The van der Waals surface area contributed by atoms with E-state index in [9.17, 15) is 22.8 Å². The van der Waals surface area contributed by atoms with Gasteiger partial charge in [0.05, 0.1) is 16.8 Å².